The van der Waals surface area contributed by atoms with Gasteiger partial charge >= 0.3 is 0 Å². The van der Waals surface area contributed by atoms with E-state index in [-0.39, 0.29) is 11.3 Å². The molecule has 1 aromatic carbocycles. The van der Waals surface area contributed by atoms with Crippen molar-refractivity contribution in [3.63, 3.8) is 0 Å². The minimum absolute atomic E-state index is 0.0760. The SMILES string of the molecule is CNC1CCCC1S(=O)(=O)c1ccccc1Br. The summed E-state index contributed by atoms with van der Waals surface area (Å²) in [5.74, 6) is 0. The summed E-state index contributed by atoms with van der Waals surface area (Å²) in [6.45, 7) is 0. The lowest BCUT2D eigenvalue weighted by atomic mass is 10.2. The van der Waals surface area contributed by atoms with Gasteiger partial charge in [0.25, 0.3) is 0 Å². The highest BCUT2D eigenvalue weighted by molar-refractivity contribution is 9.10. The molecule has 2 unspecified atom stereocenters. The highest BCUT2D eigenvalue weighted by Crippen LogP contribution is 2.33. The fourth-order valence-corrected chi connectivity index (χ4v) is 5.54. The van der Waals surface area contributed by atoms with Crippen LogP contribution in [0, 0.1) is 0 Å². The number of halogens is 1. The summed E-state index contributed by atoms with van der Waals surface area (Å²) >= 11 is 3.32. The van der Waals surface area contributed by atoms with Crippen molar-refractivity contribution >= 4 is 25.8 Å². The van der Waals surface area contributed by atoms with Gasteiger partial charge in [-0.25, -0.2) is 8.42 Å². The minimum Gasteiger partial charge on any atom is -0.316 e. The minimum atomic E-state index is -3.24. The second-order valence-corrected chi connectivity index (χ2v) is 7.33. The first-order valence-corrected chi connectivity index (χ1v) is 8.07. The first-order valence-electron chi connectivity index (χ1n) is 5.73. The normalized spacial score (nSPS) is 25.1. The molecule has 0 aromatic heterocycles. The van der Waals surface area contributed by atoms with Gasteiger partial charge in [-0.3, -0.25) is 0 Å². The van der Waals surface area contributed by atoms with E-state index < -0.39 is 9.84 Å². The van der Waals surface area contributed by atoms with Crippen LogP contribution < -0.4 is 5.32 Å². The smallest absolute Gasteiger partial charge is 0.183 e. The molecule has 0 heterocycles. The second-order valence-electron chi connectivity index (χ2n) is 4.34. The number of hydrogen-bond acceptors (Lipinski definition) is 3. The Balaban J connectivity index is 2.40. The molecular weight excluding hydrogens is 302 g/mol. The summed E-state index contributed by atoms with van der Waals surface area (Å²) in [5.41, 5.74) is 0. The summed E-state index contributed by atoms with van der Waals surface area (Å²) in [5, 5.41) is 2.82. The summed E-state index contributed by atoms with van der Waals surface area (Å²) in [6, 6.07) is 7.11. The van der Waals surface area contributed by atoms with Gasteiger partial charge in [-0.15, -0.1) is 0 Å². The number of benzene rings is 1. The van der Waals surface area contributed by atoms with Crippen LogP contribution in [0.2, 0.25) is 0 Å². The van der Waals surface area contributed by atoms with Crippen LogP contribution in [0.25, 0.3) is 0 Å². The van der Waals surface area contributed by atoms with Crippen LogP contribution >= 0.6 is 15.9 Å². The molecule has 1 N–H and O–H groups in total. The Morgan fingerprint density at radius 3 is 2.65 bits per heavy atom. The van der Waals surface area contributed by atoms with Crippen molar-refractivity contribution in [3.8, 4) is 0 Å². The molecule has 1 aliphatic carbocycles. The van der Waals surface area contributed by atoms with E-state index in [2.05, 4.69) is 21.2 Å². The maximum absolute atomic E-state index is 12.6. The average Bonchev–Trinajstić information content (AvgIpc) is 2.78. The molecule has 3 nitrogen and oxygen atoms in total. The lowest BCUT2D eigenvalue weighted by Crippen LogP contribution is -2.38. The lowest BCUT2D eigenvalue weighted by molar-refractivity contribution is 0.537. The van der Waals surface area contributed by atoms with Crippen LogP contribution in [-0.2, 0) is 9.84 Å². The topological polar surface area (TPSA) is 46.2 Å². The van der Waals surface area contributed by atoms with Crippen molar-refractivity contribution in [2.75, 3.05) is 7.05 Å². The molecule has 0 aliphatic heterocycles. The molecule has 0 radical (unpaired) electrons. The third-order valence-corrected chi connectivity index (χ3v) is 6.65. The van der Waals surface area contributed by atoms with Crippen LogP contribution in [0.4, 0.5) is 0 Å². The Morgan fingerprint density at radius 1 is 1.29 bits per heavy atom. The summed E-state index contributed by atoms with van der Waals surface area (Å²) in [4.78, 5) is 0.409. The van der Waals surface area contributed by atoms with Crippen LogP contribution in [0.5, 0.6) is 0 Å². The molecule has 2 rings (SSSR count). The first-order chi connectivity index (χ1) is 8.07. The van der Waals surface area contributed by atoms with E-state index in [0.717, 1.165) is 19.3 Å². The van der Waals surface area contributed by atoms with Gasteiger partial charge in [0.1, 0.15) is 0 Å². The lowest BCUT2D eigenvalue weighted by Gasteiger charge is -2.20. The van der Waals surface area contributed by atoms with Crippen molar-refractivity contribution in [1.82, 2.24) is 5.32 Å². The van der Waals surface area contributed by atoms with Crippen molar-refractivity contribution in [2.45, 2.75) is 35.4 Å². The van der Waals surface area contributed by atoms with E-state index in [4.69, 9.17) is 0 Å². The van der Waals surface area contributed by atoms with Crippen LogP contribution in [0.1, 0.15) is 19.3 Å². The van der Waals surface area contributed by atoms with E-state index in [1.165, 1.54) is 0 Å². The predicted octanol–water partition coefficient (Wildman–Crippen LogP) is 2.36. The molecule has 0 bridgehead atoms. The van der Waals surface area contributed by atoms with E-state index in [1.54, 1.807) is 18.2 Å². The van der Waals surface area contributed by atoms with Gasteiger partial charge in [0.2, 0.25) is 0 Å². The van der Waals surface area contributed by atoms with Gasteiger partial charge < -0.3 is 5.32 Å². The molecule has 5 heteroatoms. The largest absolute Gasteiger partial charge is 0.316 e. The molecule has 17 heavy (non-hydrogen) atoms. The zero-order valence-corrected chi connectivity index (χ0v) is 12.1. The molecule has 0 saturated heterocycles. The van der Waals surface area contributed by atoms with Gasteiger partial charge in [-0.1, -0.05) is 18.6 Å². The van der Waals surface area contributed by atoms with Gasteiger partial charge in [0.05, 0.1) is 10.1 Å². The summed E-state index contributed by atoms with van der Waals surface area (Å²) < 4.78 is 25.8. The molecular formula is C12H16BrNO2S. The quantitative estimate of drug-likeness (QED) is 0.931. The Bertz CT molecular complexity index is 501. The van der Waals surface area contributed by atoms with Crippen LogP contribution in [0.3, 0.4) is 0 Å². The van der Waals surface area contributed by atoms with Crippen LogP contribution in [0.15, 0.2) is 33.6 Å². The Kier molecular flexibility index (Phi) is 3.90. The third-order valence-electron chi connectivity index (χ3n) is 3.37. The Morgan fingerprint density at radius 2 is 2.00 bits per heavy atom. The molecule has 1 aliphatic rings. The summed E-state index contributed by atoms with van der Waals surface area (Å²) in [6.07, 6.45) is 2.65. The molecule has 0 amide bonds. The van der Waals surface area contributed by atoms with E-state index in [0.29, 0.717) is 9.37 Å². The monoisotopic (exact) mass is 317 g/mol. The second kappa shape index (κ2) is 5.08. The third kappa shape index (κ3) is 2.41. The Labute approximate surface area is 111 Å². The van der Waals surface area contributed by atoms with Gasteiger partial charge in [0, 0.05) is 10.5 Å². The first kappa shape index (κ1) is 13.1. The van der Waals surface area contributed by atoms with Gasteiger partial charge in [0.15, 0.2) is 9.84 Å². The van der Waals surface area contributed by atoms with Crippen molar-refractivity contribution < 1.29 is 8.42 Å². The zero-order chi connectivity index (χ0) is 12.5. The zero-order valence-electron chi connectivity index (χ0n) is 9.69. The van der Waals surface area contributed by atoms with Gasteiger partial charge in [-0.05, 0) is 48.0 Å². The Hall–Kier alpha value is -0.390. The number of nitrogens with one attached hydrogen (secondary N) is 1. The van der Waals surface area contributed by atoms with E-state index in [9.17, 15) is 8.42 Å². The highest BCUT2D eigenvalue weighted by atomic mass is 79.9. The average molecular weight is 318 g/mol. The van der Waals surface area contributed by atoms with Crippen molar-refractivity contribution in [2.24, 2.45) is 0 Å². The van der Waals surface area contributed by atoms with Crippen molar-refractivity contribution in [1.29, 1.82) is 0 Å². The molecule has 0 spiro atoms. The number of sulfone groups is 1. The predicted molar refractivity (Wildman–Crippen MR) is 71.8 cm³/mol. The van der Waals surface area contributed by atoms with E-state index in [1.807, 2.05) is 13.1 Å². The molecule has 1 fully saturated rings. The molecule has 2 atom stereocenters. The fourth-order valence-electron chi connectivity index (χ4n) is 2.47. The number of hydrogen-bond donors (Lipinski definition) is 1. The molecule has 1 aromatic rings. The molecule has 1 saturated carbocycles. The van der Waals surface area contributed by atoms with Crippen molar-refractivity contribution in [3.05, 3.63) is 28.7 Å². The van der Waals surface area contributed by atoms with E-state index >= 15 is 0 Å². The molecule has 94 valence electrons. The standard InChI is InChI=1S/C12H16BrNO2S/c1-14-10-6-4-8-12(10)17(15,16)11-7-3-2-5-9(11)13/h2-3,5,7,10,12,14H,4,6,8H2,1H3. The fraction of sp³-hybridized carbons (Fsp3) is 0.500. The number of rotatable bonds is 3. The maximum atomic E-state index is 12.6. The maximum Gasteiger partial charge on any atom is 0.183 e. The highest BCUT2D eigenvalue weighted by Gasteiger charge is 2.38. The summed E-state index contributed by atoms with van der Waals surface area (Å²) in [7, 11) is -1.41. The van der Waals surface area contributed by atoms with Crippen LogP contribution in [-0.4, -0.2) is 26.8 Å². The van der Waals surface area contributed by atoms with Gasteiger partial charge in [-0.2, -0.15) is 0 Å².